The third-order valence-corrected chi connectivity index (χ3v) is 5.61. The van der Waals surface area contributed by atoms with Gasteiger partial charge in [-0.05, 0) is 49.2 Å². The van der Waals surface area contributed by atoms with Crippen molar-refractivity contribution in [3.8, 4) is 0 Å². The first-order valence-corrected chi connectivity index (χ1v) is 10.1. The van der Waals surface area contributed by atoms with Crippen molar-refractivity contribution in [2.45, 2.75) is 76.9 Å². The van der Waals surface area contributed by atoms with Crippen LogP contribution in [0.3, 0.4) is 0 Å². The van der Waals surface area contributed by atoms with Crippen molar-refractivity contribution in [2.24, 2.45) is 5.92 Å². The van der Waals surface area contributed by atoms with Crippen molar-refractivity contribution in [2.75, 3.05) is 5.75 Å². The van der Waals surface area contributed by atoms with E-state index >= 15 is 0 Å². The van der Waals surface area contributed by atoms with Gasteiger partial charge in [-0.3, -0.25) is 0 Å². The second-order valence-electron chi connectivity index (χ2n) is 6.50. The summed E-state index contributed by atoms with van der Waals surface area (Å²) in [7, 11) is 0. The van der Waals surface area contributed by atoms with E-state index in [9.17, 15) is 15.0 Å². The van der Waals surface area contributed by atoms with Gasteiger partial charge in [0.2, 0.25) is 0 Å². The highest BCUT2D eigenvalue weighted by atomic mass is 32.2. The van der Waals surface area contributed by atoms with E-state index in [4.69, 9.17) is 5.11 Å². The average Bonchev–Trinajstić information content (AvgIpc) is 2.97. The highest BCUT2D eigenvalue weighted by Gasteiger charge is 2.31. The standard InChI is InChI=1S/C19H32O4S/c1-2-3-4-5-6-7-11-16-12-10-13-17(16)24-15-9-8-14-19(22,23)18(20)21/h7,11,13,16,22-23H,2-6,8-10,12,14-15H2,1H3,(H,20,21)/t16-/m0/s1. The molecule has 0 aromatic rings. The third-order valence-electron chi connectivity index (χ3n) is 4.31. The van der Waals surface area contributed by atoms with Crippen molar-refractivity contribution in [3.63, 3.8) is 0 Å². The first-order valence-electron chi connectivity index (χ1n) is 9.15. The first kappa shape index (κ1) is 21.3. The molecule has 5 heteroatoms. The summed E-state index contributed by atoms with van der Waals surface area (Å²) in [6.07, 6.45) is 16.8. The van der Waals surface area contributed by atoms with E-state index in [0.717, 1.165) is 18.6 Å². The van der Waals surface area contributed by atoms with Gasteiger partial charge in [0.25, 0.3) is 5.79 Å². The average molecular weight is 357 g/mol. The van der Waals surface area contributed by atoms with Crippen LogP contribution in [0.5, 0.6) is 0 Å². The zero-order valence-corrected chi connectivity index (χ0v) is 15.6. The number of hydrogen-bond acceptors (Lipinski definition) is 4. The Kier molecular flexibility index (Phi) is 10.4. The summed E-state index contributed by atoms with van der Waals surface area (Å²) in [5.74, 6) is -2.73. The summed E-state index contributed by atoms with van der Waals surface area (Å²) in [5.41, 5.74) is 0. The van der Waals surface area contributed by atoms with Crippen molar-refractivity contribution >= 4 is 17.7 Å². The molecule has 0 aromatic heterocycles. The van der Waals surface area contributed by atoms with Gasteiger partial charge in [0.05, 0.1) is 0 Å². The summed E-state index contributed by atoms with van der Waals surface area (Å²) in [6.45, 7) is 2.23. The number of thioether (sulfide) groups is 1. The molecule has 3 N–H and O–H groups in total. The maximum absolute atomic E-state index is 10.6. The van der Waals surface area contributed by atoms with Gasteiger partial charge in [-0.25, -0.2) is 4.79 Å². The molecule has 138 valence electrons. The van der Waals surface area contributed by atoms with Crippen LogP contribution >= 0.6 is 11.8 Å². The molecule has 1 aliphatic rings. The van der Waals surface area contributed by atoms with Crippen LogP contribution in [0.15, 0.2) is 23.1 Å². The fourth-order valence-electron chi connectivity index (χ4n) is 2.78. The zero-order valence-electron chi connectivity index (χ0n) is 14.7. The van der Waals surface area contributed by atoms with Gasteiger partial charge in [0, 0.05) is 12.3 Å². The molecule has 1 atom stereocenters. The maximum Gasteiger partial charge on any atom is 0.364 e. The van der Waals surface area contributed by atoms with Gasteiger partial charge in [-0.15, -0.1) is 11.8 Å². The van der Waals surface area contributed by atoms with Crippen molar-refractivity contribution < 1.29 is 20.1 Å². The summed E-state index contributed by atoms with van der Waals surface area (Å²) in [4.78, 5) is 12.0. The molecule has 0 aromatic carbocycles. The van der Waals surface area contributed by atoms with E-state index in [2.05, 4.69) is 25.2 Å². The van der Waals surface area contributed by atoms with E-state index in [0.29, 0.717) is 12.3 Å². The molecular weight excluding hydrogens is 324 g/mol. The van der Waals surface area contributed by atoms with Crippen molar-refractivity contribution in [1.82, 2.24) is 0 Å². The normalized spacial score (nSPS) is 18.3. The molecule has 0 spiro atoms. The minimum Gasteiger partial charge on any atom is -0.477 e. The lowest BCUT2D eigenvalue weighted by atomic mass is 10.1. The predicted octanol–water partition coefficient (Wildman–Crippen LogP) is 4.48. The Balaban J connectivity index is 2.18. The van der Waals surface area contributed by atoms with E-state index in [1.807, 2.05) is 11.8 Å². The van der Waals surface area contributed by atoms with Gasteiger partial charge in [0.15, 0.2) is 0 Å². The molecule has 0 unspecified atom stereocenters. The van der Waals surface area contributed by atoms with E-state index in [1.54, 1.807) is 0 Å². The fourth-order valence-corrected chi connectivity index (χ4v) is 4.01. The van der Waals surface area contributed by atoms with Crippen LogP contribution in [-0.2, 0) is 4.79 Å². The largest absolute Gasteiger partial charge is 0.477 e. The first-order chi connectivity index (χ1) is 11.5. The Hall–Kier alpha value is -0.780. The minimum absolute atomic E-state index is 0.122. The van der Waals surface area contributed by atoms with Crippen LogP contribution in [0.4, 0.5) is 0 Å². The second-order valence-corrected chi connectivity index (χ2v) is 7.66. The molecular formula is C19H32O4S. The number of carbonyl (C=O) groups is 1. The molecule has 1 rings (SSSR count). The van der Waals surface area contributed by atoms with Crippen LogP contribution in [0.1, 0.15) is 71.1 Å². The van der Waals surface area contributed by atoms with E-state index in [-0.39, 0.29) is 6.42 Å². The van der Waals surface area contributed by atoms with Crippen LogP contribution in [-0.4, -0.2) is 32.8 Å². The van der Waals surface area contributed by atoms with Gasteiger partial charge in [0.1, 0.15) is 0 Å². The van der Waals surface area contributed by atoms with Crippen LogP contribution in [0.25, 0.3) is 0 Å². The minimum atomic E-state index is -2.58. The Morgan fingerprint density at radius 1 is 1.29 bits per heavy atom. The second kappa shape index (κ2) is 11.7. The molecule has 0 bridgehead atoms. The van der Waals surface area contributed by atoms with Crippen molar-refractivity contribution in [1.29, 1.82) is 0 Å². The van der Waals surface area contributed by atoms with Crippen molar-refractivity contribution in [3.05, 3.63) is 23.1 Å². The molecule has 24 heavy (non-hydrogen) atoms. The lowest BCUT2D eigenvalue weighted by molar-refractivity contribution is -0.205. The van der Waals surface area contributed by atoms with Crippen LogP contribution < -0.4 is 0 Å². The van der Waals surface area contributed by atoms with Gasteiger partial charge >= 0.3 is 5.97 Å². The summed E-state index contributed by atoms with van der Waals surface area (Å²) in [5, 5.41) is 27.1. The summed E-state index contributed by atoms with van der Waals surface area (Å²) < 4.78 is 0. The fraction of sp³-hybridized carbons (Fsp3) is 0.737. The molecule has 0 saturated heterocycles. The Morgan fingerprint density at radius 3 is 2.79 bits per heavy atom. The molecule has 0 radical (unpaired) electrons. The predicted molar refractivity (Wildman–Crippen MR) is 99.8 cm³/mol. The highest BCUT2D eigenvalue weighted by Crippen LogP contribution is 2.36. The molecule has 0 aliphatic heterocycles. The molecule has 0 saturated carbocycles. The topological polar surface area (TPSA) is 77.8 Å². The number of rotatable bonds is 13. The number of carboxylic acid groups (broad SMARTS) is 1. The number of unbranched alkanes of at least 4 members (excludes halogenated alkanes) is 5. The maximum atomic E-state index is 10.6. The van der Waals surface area contributed by atoms with Crippen LogP contribution in [0, 0.1) is 5.92 Å². The monoisotopic (exact) mass is 356 g/mol. The van der Waals surface area contributed by atoms with E-state index in [1.165, 1.54) is 43.4 Å². The summed E-state index contributed by atoms with van der Waals surface area (Å²) in [6, 6.07) is 0. The lowest BCUT2D eigenvalue weighted by Crippen LogP contribution is -2.37. The molecule has 4 nitrogen and oxygen atoms in total. The smallest absolute Gasteiger partial charge is 0.364 e. The number of carboxylic acids is 1. The number of aliphatic hydroxyl groups is 2. The molecule has 0 fully saturated rings. The number of allylic oxidation sites excluding steroid dienone is 4. The molecule has 0 amide bonds. The summed E-state index contributed by atoms with van der Waals surface area (Å²) >= 11 is 1.82. The third kappa shape index (κ3) is 8.36. The van der Waals surface area contributed by atoms with Gasteiger partial charge in [-0.1, -0.05) is 44.4 Å². The Morgan fingerprint density at radius 2 is 2.08 bits per heavy atom. The van der Waals surface area contributed by atoms with Gasteiger partial charge < -0.3 is 15.3 Å². The van der Waals surface area contributed by atoms with E-state index < -0.39 is 11.8 Å². The number of hydrogen-bond donors (Lipinski definition) is 3. The molecule has 1 aliphatic carbocycles. The SMILES string of the molecule is CCCCCCC=C[C@H]1CCC=C1SCCCCC(O)(O)C(=O)O. The highest BCUT2D eigenvalue weighted by molar-refractivity contribution is 8.03. The molecule has 0 heterocycles. The van der Waals surface area contributed by atoms with Gasteiger partial charge in [-0.2, -0.15) is 0 Å². The zero-order chi connectivity index (χ0) is 17.8. The number of aliphatic carboxylic acids is 1. The Bertz CT molecular complexity index is 429. The quantitative estimate of drug-likeness (QED) is 0.258. The lowest BCUT2D eigenvalue weighted by Gasteiger charge is -2.16. The Labute approximate surface area is 150 Å². The van der Waals surface area contributed by atoms with Crippen LogP contribution in [0.2, 0.25) is 0 Å².